The minimum absolute atomic E-state index is 0.200. The average Bonchev–Trinajstić information content (AvgIpc) is 3.38. The van der Waals surface area contributed by atoms with Gasteiger partial charge in [0.05, 0.1) is 50.3 Å². The Labute approximate surface area is 274 Å². The van der Waals surface area contributed by atoms with Crippen LogP contribution in [0.15, 0.2) is 42.2 Å². The van der Waals surface area contributed by atoms with Crippen LogP contribution in [0.2, 0.25) is 20.1 Å². The molecule has 0 fully saturated rings. The molecule has 0 saturated carbocycles. The van der Waals surface area contributed by atoms with Gasteiger partial charge in [0.1, 0.15) is 5.82 Å². The van der Waals surface area contributed by atoms with E-state index in [4.69, 9.17) is 51.7 Å². The number of imidazole rings is 1. The van der Waals surface area contributed by atoms with Crippen molar-refractivity contribution in [1.29, 1.82) is 0 Å². The highest BCUT2D eigenvalue weighted by Gasteiger charge is 2.31. The van der Waals surface area contributed by atoms with E-state index < -0.39 is 10.1 Å². The van der Waals surface area contributed by atoms with Crippen molar-refractivity contribution >= 4 is 97.0 Å². The highest BCUT2D eigenvalue weighted by molar-refractivity contribution is 7.94. The Morgan fingerprint density at radius 2 is 1.60 bits per heavy atom. The molecule has 234 valence electrons. The molecule has 0 atom stereocenters. The summed E-state index contributed by atoms with van der Waals surface area (Å²) in [5.74, 6) is 1.90. The number of anilines is 2. The monoisotopic (exact) mass is 711 g/mol. The zero-order valence-corrected chi connectivity index (χ0v) is 28.0. The average molecular weight is 714 g/mol. The van der Waals surface area contributed by atoms with Gasteiger partial charge in [0, 0.05) is 49.1 Å². The molecular formula is C27H31Cl4N4O6S2+. The van der Waals surface area contributed by atoms with Gasteiger partial charge >= 0.3 is 0 Å². The Morgan fingerprint density at radius 1 is 0.953 bits per heavy atom. The molecule has 1 aliphatic heterocycles. The van der Waals surface area contributed by atoms with Crippen LogP contribution in [-0.4, -0.2) is 47.4 Å². The maximum atomic E-state index is 11.4. The summed E-state index contributed by atoms with van der Waals surface area (Å²) < 4.78 is 41.0. The lowest BCUT2D eigenvalue weighted by Gasteiger charge is -2.24. The summed E-state index contributed by atoms with van der Waals surface area (Å²) in [6.07, 6.45) is 6.77. The number of nitrogens with zero attached hydrogens (tertiary/aromatic N) is 4. The number of hydrogen-bond donors (Lipinski definition) is 2. The van der Waals surface area contributed by atoms with Crippen LogP contribution >= 0.6 is 58.4 Å². The van der Waals surface area contributed by atoms with Crippen molar-refractivity contribution in [2.45, 2.75) is 39.8 Å². The molecule has 2 aromatic carbocycles. The molecule has 0 saturated heterocycles. The number of halogens is 4. The van der Waals surface area contributed by atoms with Gasteiger partial charge in [-0.1, -0.05) is 57.5 Å². The normalized spacial score (nSPS) is 14.7. The van der Waals surface area contributed by atoms with Crippen LogP contribution in [0.25, 0.3) is 17.1 Å². The van der Waals surface area contributed by atoms with E-state index in [-0.39, 0.29) is 12.2 Å². The Balaban J connectivity index is 1.76. The summed E-state index contributed by atoms with van der Waals surface area (Å²) in [5.41, 5.74) is 3.47. The van der Waals surface area contributed by atoms with E-state index in [0.29, 0.717) is 58.4 Å². The summed E-state index contributed by atoms with van der Waals surface area (Å²) >= 11 is 26.5. The van der Waals surface area contributed by atoms with E-state index in [2.05, 4.69) is 23.4 Å². The van der Waals surface area contributed by atoms with Crippen LogP contribution in [0.3, 0.4) is 0 Å². The molecule has 43 heavy (non-hydrogen) atoms. The van der Waals surface area contributed by atoms with Gasteiger partial charge in [-0.3, -0.25) is 4.55 Å². The Morgan fingerprint density at radius 3 is 2.23 bits per heavy atom. The first-order chi connectivity index (χ1) is 20.5. The van der Waals surface area contributed by atoms with Crippen LogP contribution in [0, 0.1) is 0 Å². The van der Waals surface area contributed by atoms with Crippen LogP contribution in [0.1, 0.15) is 32.5 Å². The number of fused-ring (bicyclic) bond motifs is 2. The standard InChI is InChI=1S/C27H30Cl4N4O6S2/c1-3-32-22-14-18(28)20(30)16-24(22)34(10-6-12-42-41-40-36)26(32)8-5-9-27-33(4-2)23-15-19(29)21(31)17-25(23)35(27)11-7-13-43(37,38)39/h5,8-9,14-17H,3-4,6-7,10-13H2,1-2H3,(H-,36,37,38,39)/p+1. The van der Waals surface area contributed by atoms with Crippen LogP contribution in [0.5, 0.6) is 0 Å². The molecule has 0 radical (unpaired) electrons. The molecule has 16 heteroatoms. The second-order valence-corrected chi connectivity index (χ2v) is 13.5. The Bertz CT molecular complexity index is 1650. The molecule has 1 aliphatic rings. The van der Waals surface area contributed by atoms with E-state index in [0.717, 1.165) is 46.1 Å². The summed E-state index contributed by atoms with van der Waals surface area (Å²) in [7, 11) is -4.12. The smallest absolute Gasteiger partial charge is 0.282 e. The van der Waals surface area contributed by atoms with Gasteiger partial charge in [-0.15, -0.1) is 4.33 Å². The van der Waals surface area contributed by atoms with Crippen molar-refractivity contribution in [1.82, 2.24) is 4.57 Å². The van der Waals surface area contributed by atoms with E-state index in [1.807, 2.05) is 49.1 Å². The molecule has 1 aromatic heterocycles. The third kappa shape index (κ3) is 7.93. The molecule has 0 bridgehead atoms. The third-order valence-electron chi connectivity index (χ3n) is 6.90. The maximum absolute atomic E-state index is 11.4. The minimum Gasteiger partial charge on any atom is -0.326 e. The molecule has 0 unspecified atom stereocenters. The first-order valence-corrected chi connectivity index (χ1v) is 17.4. The summed E-state index contributed by atoms with van der Waals surface area (Å²) in [4.78, 5) is 4.04. The molecule has 0 spiro atoms. The van der Waals surface area contributed by atoms with Crippen molar-refractivity contribution in [3.8, 4) is 0 Å². The van der Waals surface area contributed by atoms with Crippen molar-refractivity contribution in [2.75, 3.05) is 34.4 Å². The lowest BCUT2D eigenvalue weighted by atomic mass is 10.2. The van der Waals surface area contributed by atoms with E-state index in [1.54, 1.807) is 12.1 Å². The number of aromatic nitrogens is 2. The van der Waals surface area contributed by atoms with E-state index >= 15 is 0 Å². The SMILES string of the molecule is CCN1C(=CC=Cc2n(CC)c3cc(Cl)c(Cl)cc3[n+]2CCCSOOO)N(CCCS(=O)(=O)O)c2cc(Cl)c(Cl)cc21. The predicted molar refractivity (Wildman–Crippen MR) is 175 cm³/mol. The highest BCUT2D eigenvalue weighted by Crippen LogP contribution is 2.45. The van der Waals surface area contributed by atoms with Gasteiger partial charge in [0.15, 0.2) is 11.0 Å². The van der Waals surface area contributed by atoms with Crippen molar-refractivity contribution in [3.63, 3.8) is 0 Å². The fourth-order valence-corrected chi connectivity index (χ4v) is 6.64. The summed E-state index contributed by atoms with van der Waals surface area (Å²) in [6, 6.07) is 7.25. The quantitative estimate of drug-likeness (QED) is 0.0439. The number of allylic oxidation sites excluding steroid dienone is 2. The Hall–Kier alpha value is -1.71. The summed E-state index contributed by atoms with van der Waals surface area (Å²) in [5, 5.41) is 13.8. The Kier molecular flexibility index (Phi) is 12.0. The largest absolute Gasteiger partial charge is 0.326 e. The van der Waals surface area contributed by atoms with Crippen molar-refractivity contribution < 1.29 is 32.2 Å². The fourth-order valence-electron chi connectivity index (χ4n) is 5.16. The van der Waals surface area contributed by atoms with E-state index in [1.165, 1.54) is 0 Å². The predicted octanol–water partition coefficient (Wildman–Crippen LogP) is 7.50. The number of rotatable bonds is 14. The molecular weight excluding hydrogens is 682 g/mol. The fraction of sp³-hybridized carbons (Fsp3) is 0.370. The first-order valence-electron chi connectivity index (χ1n) is 13.4. The van der Waals surface area contributed by atoms with Gasteiger partial charge in [0.25, 0.3) is 15.9 Å². The molecule has 0 aliphatic carbocycles. The zero-order valence-electron chi connectivity index (χ0n) is 23.3. The molecule has 10 nitrogen and oxygen atoms in total. The van der Waals surface area contributed by atoms with Gasteiger partial charge in [0.2, 0.25) is 0 Å². The first kappa shape index (κ1) is 34.2. The number of hydrogen-bond acceptors (Lipinski definition) is 8. The van der Waals surface area contributed by atoms with Crippen LogP contribution < -0.4 is 14.4 Å². The second kappa shape index (κ2) is 15.0. The van der Waals surface area contributed by atoms with Crippen LogP contribution in [0.4, 0.5) is 11.4 Å². The van der Waals surface area contributed by atoms with Crippen LogP contribution in [-0.2, 0) is 32.6 Å². The second-order valence-electron chi connectivity index (χ2n) is 9.50. The van der Waals surface area contributed by atoms with Gasteiger partial charge in [-0.2, -0.15) is 8.42 Å². The van der Waals surface area contributed by atoms with Gasteiger partial charge < -0.3 is 9.80 Å². The van der Waals surface area contributed by atoms with Crippen molar-refractivity contribution in [3.05, 3.63) is 68.2 Å². The zero-order chi connectivity index (χ0) is 31.3. The number of aryl methyl sites for hydroxylation is 2. The molecule has 2 N–H and O–H groups in total. The van der Waals surface area contributed by atoms with E-state index in [9.17, 15) is 13.0 Å². The molecule has 3 aromatic rings. The topological polar surface area (TPSA) is 108 Å². The maximum Gasteiger partial charge on any atom is 0.282 e. The summed E-state index contributed by atoms with van der Waals surface area (Å²) in [6.45, 7) is 6.27. The highest BCUT2D eigenvalue weighted by atomic mass is 35.5. The lowest BCUT2D eigenvalue weighted by molar-refractivity contribution is -0.673. The lowest BCUT2D eigenvalue weighted by Crippen LogP contribution is -2.37. The van der Waals surface area contributed by atoms with Gasteiger partial charge in [-0.05, 0) is 44.9 Å². The molecule has 4 rings (SSSR count). The third-order valence-corrected chi connectivity index (χ3v) is 9.76. The van der Waals surface area contributed by atoms with Gasteiger partial charge in [-0.25, -0.2) is 14.4 Å². The molecule has 0 amide bonds. The molecule has 2 heterocycles. The van der Waals surface area contributed by atoms with Crippen molar-refractivity contribution in [2.24, 2.45) is 0 Å². The minimum atomic E-state index is -4.12. The number of benzene rings is 2.